The third-order valence-electron chi connectivity index (χ3n) is 4.58. The molecular formula is C19H12F6N6O. The van der Waals surface area contributed by atoms with Gasteiger partial charge in [-0.15, -0.1) is 0 Å². The van der Waals surface area contributed by atoms with Crippen LogP contribution in [0.5, 0.6) is 0 Å². The molecule has 2 N–H and O–H groups in total. The Kier molecular flexibility index (Phi) is 4.90. The summed E-state index contributed by atoms with van der Waals surface area (Å²) in [5.74, 6) is -0.572. The van der Waals surface area contributed by atoms with E-state index in [1.807, 2.05) is 0 Å². The van der Waals surface area contributed by atoms with Crippen molar-refractivity contribution in [2.75, 3.05) is 5.32 Å². The number of carbonyl (C=O) groups is 1. The van der Waals surface area contributed by atoms with Crippen molar-refractivity contribution in [1.82, 2.24) is 24.7 Å². The van der Waals surface area contributed by atoms with Crippen molar-refractivity contribution in [3.05, 3.63) is 59.7 Å². The molecule has 0 unspecified atom stereocenters. The molecule has 166 valence electrons. The van der Waals surface area contributed by atoms with Crippen LogP contribution in [0.25, 0.3) is 22.3 Å². The van der Waals surface area contributed by atoms with Crippen molar-refractivity contribution < 1.29 is 31.1 Å². The van der Waals surface area contributed by atoms with Crippen molar-refractivity contribution in [3.8, 4) is 11.3 Å². The van der Waals surface area contributed by atoms with Gasteiger partial charge in [-0.2, -0.15) is 31.4 Å². The molecule has 7 nitrogen and oxygen atoms in total. The highest BCUT2D eigenvalue weighted by molar-refractivity contribution is 6.01. The molecule has 0 aliphatic rings. The van der Waals surface area contributed by atoms with E-state index in [9.17, 15) is 31.1 Å². The van der Waals surface area contributed by atoms with Crippen LogP contribution in [0.1, 0.15) is 21.7 Å². The van der Waals surface area contributed by atoms with Crippen LogP contribution in [0, 0.1) is 0 Å². The van der Waals surface area contributed by atoms with Gasteiger partial charge < -0.3 is 10.3 Å². The topological polar surface area (TPSA) is 88.5 Å². The summed E-state index contributed by atoms with van der Waals surface area (Å²) >= 11 is 0. The molecule has 4 aromatic rings. The van der Waals surface area contributed by atoms with E-state index in [0.29, 0.717) is 23.6 Å². The molecule has 3 heterocycles. The van der Waals surface area contributed by atoms with Gasteiger partial charge in [-0.25, -0.2) is 14.6 Å². The van der Waals surface area contributed by atoms with Crippen molar-refractivity contribution in [3.63, 3.8) is 0 Å². The van der Waals surface area contributed by atoms with Crippen LogP contribution < -0.4 is 5.32 Å². The second kappa shape index (κ2) is 7.35. The quantitative estimate of drug-likeness (QED) is 0.441. The molecule has 32 heavy (non-hydrogen) atoms. The van der Waals surface area contributed by atoms with Gasteiger partial charge in [0, 0.05) is 23.7 Å². The number of aryl methyl sites for hydroxylation is 1. The molecule has 0 aliphatic heterocycles. The van der Waals surface area contributed by atoms with Gasteiger partial charge in [0.25, 0.3) is 5.91 Å². The monoisotopic (exact) mass is 454 g/mol. The molecule has 0 aliphatic carbocycles. The maximum absolute atomic E-state index is 13.4. The fourth-order valence-corrected chi connectivity index (χ4v) is 3.08. The standard InChI is InChI=1S/C19H12F6N6O/c1-31-16(26-8-27-31)17(32)30-14-5-2-9-6-13(28-15(9)29-14)11-7-10(18(20,21)22)3-4-12(11)19(23,24)25/h2-8H,1H3,(H2,28,29,30,32). The van der Waals surface area contributed by atoms with Crippen LogP contribution in [0.2, 0.25) is 0 Å². The van der Waals surface area contributed by atoms with Gasteiger partial charge in [-0.1, -0.05) is 0 Å². The van der Waals surface area contributed by atoms with Crippen LogP contribution in [-0.4, -0.2) is 30.6 Å². The second-order valence-corrected chi connectivity index (χ2v) is 6.73. The minimum Gasteiger partial charge on any atom is -0.339 e. The van der Waals surface area contributed by atoms with Crippen LogP contribution in [0.4, 0.5) is 32.2 Å². The average Bonchev–Trinajstić information content (AvgIpc) is 3.31. The van der Waals surface area contributed by atoms with Gasteiger partial charge >= 0.3 is 12.4 Å². The SMILES string of the molecule is Cn1ncnc1C(=O)Nc1ccc2cc(-c3cc(C(F)(F)F)ccc3C(F)(F)F)[nH]c2n1. The molecule has 1 aromatic carbocycles. The summed E-state index contributed by atoms with van der Waals surface area (Å²) in [7, 11) is 1.50. The molecule has 1 amide bonds. The fraction of sp³-hybridized carbons (Fsp3) is 0.158. The lowest BCUT2D eigenvalue weighted by Crippen LogP contribution is -2.18. The number of pyridine rings is 1. The van der Waals surface area contributed by atoms with Gasteiger partial charge in [-0.05, 0) is 36.4 Å². The Morgan fingerprint density at radius 2 is 1.78 bits per heavy atom. The van der Waals surface area contributed by atoms with E-state index < -0.39 is 35.0 Å². The van der Waals surface area contributed by atoms with Crippen LogP contribution in [-0.2, 0) is 19.4 Å². The zero-order valence-electron chi connectivity index (χ0n) is 16.0. The van der Waals surface area contributed by atoms with Gasteiger partial charge in [0.05, 0.1) is 11.1 Å². The number of carbonyl (C=O) groups excluding carboxylic acids is 1. The molecule has 0 atom stereocenters. The number of rotatable bonds is 3. The first-order chi connectivity index (χ1) is 14.9. The van der Waals surface area contributed by atoms with E-state index in [-0.39, 0.29) is 23.0 Å². The number of benzene rings is 1. The summed E-state index contributed by atoms with van der Waals surface area (Å²) in [4.78, 5) is 22.7. The first-order valence-electron chi connectivity index (χ1n) is 8.87. The number of halogens is 6. The Morgan fingerprint density at radius 1 is 1.03 bits per heavy atom. The molecule has 0 saturated heterocycles. The molecule has 3 aromatic heterocycles. The van der Waals surface area contributed by atoms with Crippen LogP contribution >= 0.6 is 0 Å². The Bertz CT molecular complexity index is 1320. The van der Waals surface area contributed by atoms with Crippen molar-refractivity contribution >= 4 is 22.8 Å². The Morgan fingerprint density at radius 3 is 2.41 bits per heavy atom. The number of nitrogens with zero attached hydrogens (tertiary/aromatic N) is 4. The molecule has 0 spiro atoms. The van der Waals surface area contributed by atoms with E-state index in [1.54, 1.807) is 0 Å². The third-order valence-corrected chi connectivity index (χ3v) is 4.58. The maximum atomic E-state index is 13.4. The Balaban J connectivity index is 1.74. The molecule has 0 saturated carbocycles. The number of fused-ring (bicyclic) bond motifs is 1. The number of amides is 1. The number of hydrogen-bond donors (Lipinski definition) is 2. The lowest BCUT2D eigenvalue weighted by molar-refractivity contribution is -0.141. The van der Waals surface area contributed by atoms with Gasteiger partial charge in [0.15, 0.2) is 0 Å². The summed E-state index contributed by atoms with van der Waals surface area (Å²) < 4.78 is 80.7. The van der Waals surface area contributed by atoms with Crippen molar-refractivity contribution in [2.24, 2.45) is 7.05 Å². The molecule has 13 heteroatoms. The smallest absolute Gasteiger partial charge is 0.339 e. The normalized spacial score (nSPS) is 12.3. The van der Waals surface area contributed by atoms with E-state index in [2.05, 4.69) is 25.4 Å². The summed E-state index contributed by atoms with van der Waals surface area (Å²) in [6.45, 7) is 0. The van der Waals surface area contributed by atoms with Gasteiger partial charge in [0.1, 0.15) is 17.8 Å². The lowest BCUT2D eigenvalue weighted by Gasteiger charge is -2.15. The van der Waals surface area contributed by atoms with E-state index >= 15 is 0 Å². The summed E-state index contributed by atoms with van der Waals surface area (Å²) in [5.41, 5.74) is -3.25. The number of hydrogen-bond acceptors (Lipinski definition) is 4. The zero-order valence-corrected chi connectivity index (χ0v) is 16.0. The lowest BCUT2D eigenvalue weighted by atomic mass is 10.0. The third kappa shape index (κ3) is 4.00. The predicted octanol–water partition coefficient (Wildman–Crippen LogP) is 4.65. The minimum atomic E-state index is -4.88. The number of anilines is 1. The molecule has 0 radical (unpaired) electrons. The maximum Gasteiger partial charge on any atom is 0.417 e. The van der Waals surface area contributed by atoms with E-state index in [4.69, 9.17) is 0 Å². The number of H-pyrrole nitrogens is 1. The summed E-state index contributed by atoms with van der Waals surface area (Å²) in [6.07, 6.45) is -8.52. The molecule has 0 bridgehead atoms. The summed E-state index contributed by atoms with van der Waals surface area (Å²) in [6, 6.07) is 5.31. The van der Waals surface area contributed by atoms with Crippen molar-refractivity contribution in [2.45, 2.75) is 12.4 Å². The highest BCUT2D eigenvalue weighted by Gasteiger charge is 2.37. The first kappa shape index (κ1) is 21.3. The van der Waals surface area contributed by atoms with Crippen LogP contribution in [0.3, 0.4) is 0 Å². The average molecular weight is 454 g/mol. The highest BCUT2D eigenvalue weighted by atomic mass is 19.4. The van der Waals surface area contributed by atoms with Crippen LogP contribution in [0.15, 0.2) is 42.7 Å². The Labute approximate surface area is 175 Å². The number of aromatic nitrogens is 5. The Hall–Kier alpha value is -3.90. The number of nitrogens with one attached hydrogen (secondary N) is 2. The fourth-order valence-electron chi connectivity index (χ4n) is 3.08. The first-order valence-corrected chi connectivity index (χ1v) is 8.87. The van der Waals surface area contributed by atoms with Gasteiger partial charge in [-0.3, -0.25) is 4.79 Å². The highest BCUT2D eigenvalue weighted by Crippen LogP contribution is 2.41. The number of alkyl halides is 6. The van der Waals surface area contributed by atoms with E-state index in [1.165, 1.54) is 36.3 Å². The molecule has 4 rings (SSSR count). The zero-order chi connectivity index (χ0) is 23.3. The molecule has 0 fully saturated rings. The largest absolute Gasteiger partial charge is 0.417 e. The van der Waals surface area contributed by atoms with E-state index in [0.717, 1.165) is 0 Å². The summed E-state index contributed by atoms with van der Waals surface area (Å²) in [5, 5.41) is 6.57. The van der Waals surface area contributed by atoms with Crippen molar-refractivity contribution in [1.29, 1.82) is 0 Å². The minimum absolute atomic E-state index is 0.00198. The number of aromatic amines is 1. The van der Waals surface area contributed by atoms with Gasteiger partial charge in [0.2, 0.25) is 5.82 Å². The predicted molar refractivity (Wildman–Crippen MR) is 100 cm³/mol. The molecular weight excluding hydrogens is 442 g/mol. The second-order valence-electron chi connectivity index (χ2n) is 6.73.